The van der Waals surface area contributed by atoms with Crippen molar-refractivity contribution in [2.45, 2.75) is 39.3 Å². The first kappa shape index (κ1) is 13.6. The van der Waals surface area contributed by atoms with Crippen LogP contribution >= 0.6 is 0 Å². The zero-order valence-electron chi connectivity index (χ0n) is 11.7. The van der Waals surface area contributed by atoms with Gasteiger partial charge in [-0.2, -0.15) is 0 Å². The van der Waals surface area contributed by atoms with Crippen LogP contribution in [0.4, 0.5) is 0 Å². The fourth-order valence-electron chi connectivity index (χ4n) is 1.96. The largest absolute Gasteiger partial charge is 0.491 e. The number of ether oxygens (including phenoxy) is 1. The van der Waals surface area contributed by atoms with E-state index in [0.29, 0.717) is 0 Å². The number of aromatic nitrogens is 2. The molecular formula is C15H21N3O. The molecule has 4 heteroatoms. The van der Waals surface area contributed by atoms with Crippen molar-refractivity contribution in [3.05, 3.63) is 42.5 Å². The number of benzene rings is 1. The first-order valence-electron chi connectivity index (χ1n) is 6.66. The van der Waals surface area contributed by atoms with Crippen LogP contribution in [0.25, 0.3) is 5.69 Å². The van der Waals surface area contributed by atoms with Gasteiger partial charge in [0.2, 0.25) is 0 Å². The highest BCUT2D eigenvalue weighted by molar-refractivity contribution is 5.39. The van der Waals surface area contributed by atoms with E-state index < -0.39 is 0 Å². The van der Waals surface area contributed by atoms with Gasteiger partial charge in [-0.25, -0.2) is 4.98 Å². The highest BCUT2D eigenvalue weighted by Gasteiger charge is 2.10. The van der Waals surface area contributed by atoms with Crippen LogP contribution < -0.4 is 10.5 Å². The molecule has 0 aliphatic heterocycles. The minimum atomic E-state index is 0.00842. The van der Waals surface area contributed by atoms with E-state index in [4.69, 9.17) is 10.5 Å². The Labute approximate surface area is 114 Å². The van der Waals surface area contributed by atoms with Gasteiger partial charge in [-0.3, -0.25) is 0 Å². The van der Waals surface area contributed by atoms with E-state index in [0.717, 1.165) is 23.6 Å². The third kappa shape index (κ3) is 3.15. The molecule has 0 radical (unpaired) electrons. The van der Waals surface area contributed by atoms with Crippen LogP contribution in [0.3, 0.4) is 0 Å². The molecule has 2 N–H and O–H groups in total. The van der Waals surface area contributed by atoms with Crippen LogP contribution in [-0.4, -0.2) is 15.7 Å². The second-order valence-corrected chi connectivity index (χ2v) is 4.86. The van der Waals surface area contributed by atoms with Crippen molar-refractivity contribution in [1.82, 2.24) is 9.55 Å². The van der Waals surface area contributed by atoms with E-state index >= 15 is 0 Å². The smallest absolute Gasteiger partial charge is 0.119 e. The number of hydrogen-bond acceptors (Lipinski definition) is 3. The number of imidazole rings is 1. The summed E-state index contributed by atoms with van der Waals surface area (Å²) in [4.78, 5) is 4.19. The number of rotatable bonds is 5. The van der Waals surface area contributed by atoms with Crippen molar-refractivity contribution < 1.29 is 4.74 Å². The van der Waals surface area contributed by atoms with Gasteiger partial charge in [0.05, 0.1) is 24.3 Å². The topological polar surface area (TPSA) is 53.1 Å². The quantitative estimate of drug-likeness (QED) is 0.897. The SMILES string of the molecule is CC[C@@H](N)c1cncn1-c1ccc(OC(C)C)cc1. The molecule has 102 valence electrons. The molecule has 0 unspecified atom stereocenters. The normalized spacial score (nSPS) is 12.7. The minimum Gasteiger partial charge on any atom is -0.491 e. The predicted molar refractivity (Wildman–Crippen MR) is 76.5 cm³/mol. The third-order valence-corrected chi connectivity index (χ3v) is 2.97. The van der Waals surface area contributed by atoms with E-state index in [-0.39, 0.29) is 12.1 Å². The zero-order valence-corrected chi connectivity index (χ0v) is 11.7. The zero-order chi connectivity index (χ0) is 13.8. The van der Waals surface area contributed by atoms with Crippen LogP contribution in [0.5, 0.6) is 5.75 Å². The second kappa shape index (κ2) is 5.89. The lowest BCUT2D eigenvalue weighted by molar-refractivity contribution is 0.242. The summed E-state index contributed by atoms with van der Waals surface area (Å²) < 4.78 is 7.66. The fourth-order valence-corrected chi connectivity index (χ4v) is 1.96. The fraction of sp³-hybridized carbons (Fsp3) is 0.400. The molecule has 2 aromatic rings. The molecule has 0 saturated carbocycles. The first-order valence-corrected chi connectivity index (χ1v) is 6.66. The van der Waals surface area contributed by atoms with Gasteiger partial charge in [0.1, 0.15) is 5.75 Å². The molecule has 1 aromatic heterocycles. The van der Waals surface area contributed by atoms with Crippen LogP contribution in [0.2, 0.25) is 0 Å². The number of hydrogen-bond donors (Lipinski definition) is 1. The highest BCUT2D eigenvalue weighted by Crippen LogP contribution is 2.21. The van der Waals surface area contributed by atoms with Gasteiger partial charge in [-0.05, 0) is 44.5 Å². The lowest BCUT2D eigenvalue weighted by Crippen LogP contribution is -2.13. The number of nitrogens with two attached hydrogens (primary N) is 1. The van der Waals surface area contributed by atoms with E-state index in [1.165, 1.54) is 0 Å². The summed E-state index contributed by atoms with van der Waals surface area (Å²) in [5.41, 5.74) is 8.16. The van der Waals surface area contributed by atoms with Crippen LogP contribution in [0, 0.1) is 0 Å². The van der Waals surface area contributed by atoms with Crippen molar-refractivity contribution in [2.24, 2.45) is 5.73 Å². The minimum absolute atomic E-state index is 0.00842. The maximum Gasteiger partial charge on any atom is 0.119 e. The molecule has 0 saturated heterocycles. The lowest BCUT2D eigenvalue weighted by Gasteiger charge is -2.14. The van der Waals surface area contributed by atoms with Gasteiger partial charge in [-0.1, -0.05) is 6.92 Å². The molecule has 1 heterocycles. The molecular weight excluding hydrogens is 238 g/mol. The van der Waals surface area contributed by atoms with E-state index in [1.54, 1.807) is 6.33 Å². The Hall–Kier alpha value is -1.81. The summed E-state index contributed by atoms with van der Waals surface area (Å²) in [5.74, 6) is 0.875. The van der Waals surface area contributed by atoms with Gasteiger partial charge in [0, 0.05) is 11.7 Å². The lowest BCUT2D eigenvalue weighted by atomic mass is 10.2. The average molecular weight is 259 g/mol. The van der Waals surface area contributed by atoms with Gasteiger partial charge < -0.3 is 15.0 Å². The van der Waals surface area contributed by atoms with Crippen molar-refractivity contribution in [3.8, 4) is 11.4 Å². The summed E-state index contributed by atoms with van der Waals surface area (Å²) in [5, 5.41) is 0. The van der Waals surface area contributed by atoms with Gasteiger partial charge in [0.15, 0.2) is 0 Å². The third-order valence-electron chi connectivity index (χ3n) is 2.97. The van der Waals surface area contributed by atoms with Crippen LogP contribution in [-0.2, 0) is 0 Å². The van der Waals surface area contributed by atoms with E-state index in [9.17, 15) is 0 Å². The Bertz CT molecular complexity index is 516. The molecule has 1 aromatic carbocycles. The molecule has 0 aliphatic carbocycles. The Balaban J connectivity index is 2.25. The molecule has 0 amide bonds. The van der Waals surface area contributed by atoms with Crippen molar-refractivity contribution in [1.29, 1.82) is 0 Å². The molecule has 0 bridgehead atoms. The molecule has 2 rings (SSSR count). The highest BCUT2D eigenvalue weighted by atomic mass is 16.5. The van der Waals surface area contributed by atoms with Gasteiger partial charge >= 0.3 is 0 Å². The summed E-state index contributed by atoms with van der Waals surface area (Å²) in [6, 6.07) is 7.98. The molecule has 0 spiro atoms. The Morgan fingerprint density at radius 2 is 1.95 bits per heavy atom. The van der Waals surface area contributed by atoms with Crippen molar-refractivity contribution in [2.75, 3.05) is 0 Å². The molecule has 1 atom stereocenters. The van der Waals surface area contributed by atoms with Gasteiger partial charge in [0.25, 0.3) is 0 Å². The van der Waals surface area contributed by atoms with E-state index in [1.807, 2.05) is 48.9 Å². The maximum atomic E-state index is 6.09. The molecule has 0 aliphatic rings. The summed E-state index contributed by atoms with van der Waals surface area (Å²) >= 11 is 0. The maximum absolute atomic E-state index is 6.09. The summed E-state index contributed by atoms with van der Waals surface area (Å²) in [6.45, 7) is 6.10. The standard InChI is InChI=1S/C15H21N3O/c1-4-14(16)15-9-17-10-18(15)12-5-7-13(8-6-12)19-11(2)3/h5-11,14H,4,16H2,1-3H3/t14-/m1/s1. The number of nitrogens with zero attached hydrogens (tertiary/aromatic N) is 2. The van der Waals surface area contributed by atoms with E-state index in [2.05, 4.69) is 11.9 Å². The molecule has 4 nitrogen and oxygen atoms in total. The van der Waals surface area contributed by atoms with Crippen LogP contribution in [0.15, 0.2) is 36.8 Å². The predicted octanol–water partition coefficient (Wildman–Crippen LogP) is 3.07. The van der Waals surface area contributed by atoms with Crippen molar-refractivity contribution in [3.63, 3.8) is 0 Å². The first-order chi connectivity index (χ1) is 9.11. The molecule has 19 heavy (non-hydrogen) atoms. The van der Waals surface area contributed by atoms with Gasteiger partial charge in [-0.15, -0.1) is 0 Å². The summed E-state index contributed by atoms with van der Waals surface area (Å²) in [7, 11) is 0. The Morgan fingerprint density at radius 3 is 2.53 bits per heavy atom. The monoisotopic (exact) mass is 259 g/mol. The Kier molecular flexibility index (Phi) is 4.22. The van der Waals surface area contributed by atoms with Crippen LogP contribution in [0.1, 0.15) is 38.9 Å². The molecule has 0 fully saturated rings. The average Bonchev–Trinajstić information content (AvgIpc) is 2.87. The summed E-state index contributed by atoms with van der Waals surface area (Å²) in [6.07, 6.45) is 4.69. The second-order valence-electron chi connectivity index (χ2n) is 4.86. The van der Waals surface area contributed by atoms with Crippen molar-refractivity contribution >= 4 is 0 Å². The Morgan fingerprint density at radius 1 is 1.26 bits per heavy atom.